The molecule has 1 aliphatic rings. The summed E-state index contributed by atoms with van der Waals surface area (Å²) in [5, 5.41) is 12.7. The molecular weight excluding hydrogens is 254 g/mol. The van der Waals surface area contributed by atoms with Crippen molar-refractivity contribution in [1.29, 1.82) is 0 Å². The van der Waals surface area contributed by atoms with Crippen LogP contribution in [0.4, 0.5) is 0 Å². The van der Waals surface area contributed by atoms with Crippen molar-refractivity contribution in [2.24, 2.45) is 0 Å². The summed E-state index contributed by atoms with van der Waals surface area (Å²) in [4.78, 5) is 16.2. The van der Waals surface area contributed by atoms with Crippen LogP contribution in [0.25, 0.3) is 0 Å². The average molecular weight is 285 g/mol. The molecular formula is C15H31N3O2. The Morgan fingerprint density at radius 1 is 1.55 bits per heavy atom. The molecule has 1 rings (SSSR count). The Balaban J connectivity index is 2.58. The van der Waals surface area contributed by atoms with Crippen LogP contribution in [0.3, 0.4) is 0 Å². The van der Waals surface area contributed by atoms with Crippen molar-refractivity contribution in [1.82, 2.24) is 15.1 Å². The molecule has 0 spiro atoms. The highest BCUT2D eigenvalue weighted by Gasteiger charge is 2.35. The molecule has 2 unspecified atom stereocenters. The van der Waals surface area contributed by atoms with E-state index in [1.807, 2.05) is 20.9 Å². The molecule has 0 aromatic carbocycles. The fraction of sp³-hybridized carbons (Fsp3) is 0.933. The number of hydrogen-bond acceptors (Lipinski definition) is 4. The molecule has 1 saturated heterocycles. The van der Waals surface area contributed by atoms with Crippen molar-refractivity contribution in [3.63, 3.8) is 0 Å². The molecule has 0 bridgehead atoms. The summed E-state index contributed by atoms with van der Waals surface area (Å²) >= 11 is 0. The van der Waals surface area contributed by atoms with Crippen LogP contribution in [0.15, 0.2) is 0 Å². The first-order valence-electron chi connectivity index (χ1n) is 7.72. The first-order valence-corrected chi connectivity index (χ1v) is 7.72. The number of likely N-dealkylation sites (N-methyl/N-ethyl adjacent to an activating group) is 2. The highest BCUT2D eigenvalue weighted by atomic mass is 16.4. The van der Waals surface area contributed by atoms with Gasteiger partial charge in [-0.2, -0.15) is 0 Å². The summed E-state index contributed by atoms with van der Waals surface area (Å²) in [6.45, 7) is 11.7. The molecule has 0 aromatic rings. The third-order valence-electron chi connectivity index (χ3n) is 4.09. The van der Waals surface area contributed by atoms with Crippen LogP contribution >= 0.6 is 0 Å². The van der Waals surface area contributed by atoms with E-state index in [0.29, 0.717) is 12.6 Å². The first-order chi connectivity index (χ1) is 9.28. The predicted molar refractivity (Wildman–Crippen MR) is 82.1 cm³/mol. The Hall–Kier alpha value is -0.650. The van der Waals surface area contributed by atoms with E-state index in [1.54, 1.807) is 6.92 Å². The number of carboxylic acid groups (broad SMARTS) is 1. The molecule has 5 nitrogen and oxygen atoms in total. The second-order valence-corrected chi connectivity index (χ2v) is 6.56. The molecule has 0 aliphatic carbocycles. The zero-order valence-corrected chi connectivity index (χ0v) is 13.6. The Morgan fingerprint density at radius 2 is 2.20 bits per heavy atom. The largest absolute Gasteiger partial charge is 0.480 e. The summed E-state index contributed by atoms with van der Waals surface area (Å²) in [5.41, 5.74) is -0.890. The van der Waals surface area contributed by atoms with Gasteiger partial charge in [-0.25, -0.2) is 0 Å². The molecule has 2 N–H and O–H groups in total. The molecule has 0 aromatic heterocycles. The van der Waals surface area contributed by atoms with Crippen molar-refractivity contribution < 1.29 is 9.90 Å². The van der Waals surface area contributed by atoms with Crippen LogP contribution in [-0.4, -0.2) is 71.7 Å². The number of rotatable bonds is 8. The van der Waals surface area contributed by atoms with E-state index in [0.717, 1.165) is 13.1 Å². The standard InChI is InChI=1S/C15H31N3O2/c1-6-18-9-7-8-13(18)10-17(5)11-15(4,14(19)20)16-12(2)3/h12-13,16H,6-11H2,1-5H3,(H,19,20). The molecule has 1 fully saturated rings. The average Bonchev–Trinajstić information content (AvgIpc) is 2.74. The fourth-order valence-electron chi connectivity index (χ4n) is 3.29. The fourth-order valence-corrected chi connectivity index (χ4v) is 3.29. The topological polar surface area (TPSA) is 55.8 Å². The molecule has 0 radical (unpaired) electrons. The van der Waals surface area contributed by atoms with Crippen molar-refractivity contribution in [2.45, 2.75) is 58.2 Å². The van der Waals surface area contributed by atoms with Gasteiger partial charge in [-0.05, 0) is 53.8 Å². The number of nitrogens with one attached hydrogen (secondary N) is 1. The monoisotopic (exact) mass is 285 g/mol. The second-order valence-electron chi connectivity index (χ2n) is 6.56. The van der Waals surface area contributed by atoms with E-state index >= 15 is 0 Å². The van der Waals surface area contributed by atoms with Crippen molar-refractivity contribution in [3.05, 3.63) is 0 Å². The van der Waals surface area contributed by atoms with Crippen molar-refractivity contribution >= 4 is 5.97 Å². The van der Waals surface area contributed by atoms with E-state index in [1.165, 1.54) is 19.4 Å². The number of aliphatic carboxylic acids is 1. The zero-order valence-electron chi connectivity index (χ0n) is 13.6. The maximum absolute atomic E-state index is 11.6. The maximum atomic E-state index is 11.6. The van der Waals surface area contributed by atoms with Gasteiger partial charge in [0, 0.05) is 25.2 Å². The number of carboxylic acids is 1. The van der Waals surface area contributed by atoms with E-state index in [-0.39, 0.29) is 6.04 Å². The second kappa shape index (κ2) is 7.38. The third kappa shape index (κ3) is 4.72. The molecule has 5 heteroatoms. The SMILES string of the molecule is CCN1CCCC1CN(C)CC(C)(NC(C)C)C(=O)O. The van der Waals surface area contributed by atoms with Crippen molar-refractivity contribution in [2.75, 3.05) is 33.2 Å². The summed E-state index contributed by atoms with van der Waals surface area (Å²) in [5.74, 6) is -0.781. The summed E-state index contributed by atoms with van der Waals surface area (Å²) in [6, 6.07) is 0.727. The van der Waals surface area contributed by atoms with Gasteiger partial charge >= 0.3 is 5.97 Å². The molecule has 2 atom stereocenters. The lowest BCUT2D eigenvalue weighted by Gasteiger charge is -2.35. The van der Waals surface area contributed by atoms with Gasteiger partial charge in [0.05, 0.1) is 0 Å². The van der Waals surface area contributed by atoms with Gasteiger partial charge in [-0.15, -0.1) is 0 Å². The highest BCUT2D eigenvalue weighted by molar-refractivity contribution is 5.78. The Kier molecular flexibility index (Phi) is 6.43. The number of carbonyl (C=O) groups is 1. The smallest absolute Gasteiger partial charge is 0.324 e. The van der Waals surface area contributed by atoms with E-state index in [4.69, 9.17) is 0 Å². The maximum Gasteiger partial charge on any atom is 0.324 e. The summed E-state index contributed by atoms with van der Waals surface area (Å²) in [7, 11) is 2.02. The molecule has 118 valence electrons. The van der Waals surface area contributed by atoms with Crippen LogP contribution in [0.5, 0.6) is 0 Å². The first kappa shape index (κ1) is 17.4. The minimum absolute atomic E-state index is 0.156. The normalized spacial score (nSPS) is 23.4. The lowest BCUT2D eigenvalue weighted by molar-refractivity contribution is -0.145. The minimum Gasteiger partial charge on any atom is -0.480 e. The van der Waals surface area contributed by atoms with Gasteiger partial charge < -0.3 is 10.0 Å². The van der Waals surface area contributed by atoms with Crippen LogP contribution in [-0.2, 0) is 4.79 Å². The third-order valence-corrected chi connectivity index (χ3v) is 4.09. The van der Waals surface area contributed by atoms with Gasteiger partial charge in [0.1, 0.15) is 5.54 Å². The van der Waals surface area contributed by atoms with Crippen LogP contribution in [0.1, 0.15) is 40.5 Å². The van der Waals surface area contributed by atoms with E-state index in [2.05, 4.69) is 22.0 Å². The number of nitrogens with zero attached hydrogens (tertiary/aromatic N) is 2. The molecule has 20 heavy (non-hydrogen) atoms. The zero-order chi connectivity index (χ0) is 15.3. The molecule has 0 saturated carbocycles. The van der Waals surface area contributed by atoms with Crippen LogP contribution in [0, 0.1) is 0 Å². The molecule has 1 heterocycles. The van der Waals surface area contributed by atoms with Crippen LogP contribution in [0.2, 0.25) is 0 Å². The van der Waals surface area contributed by atoms with E-state index < -0.39 is 11.5 Å². The lowest BCUT2D eigenvalue weighted by atomic mass is 10.0. The van der Waals surface area contributed by atoms with Gasteiger partial charge in [0.25, 0.3) is 0 Å². The highest BCUT2D eigenvalue weighted by Crippen LogP contribution is 2.18. The number of likely N-dealkylation sites (tertiary alicyclic amines) is 1. The predicted octanol–water partition coefficient (Wildman–Crippen LogP) is 1.24. The van der Waals surface area contributed by atoms with Gasteiger partial charge in [0.2, 0.25) is 0 Å². The van der Waals surface area contributed by atoms with Gasteiger partial charge in [-0.3, -0.25) is 15.0 Å². The van der Waals surface area contributed by atoms with Gasteiger partial charge in [0.15, 0.2) is 0 Å². The lowest BCUT2D eigenvalue weighted by Crippen LogP contribution is -2.59. The number of hydrogen-bond donors (Lipinski definition) is 2. The quantitative estimate of drug-likeness (QED) is 0.703. The summed E-state index contributed by atoms with van der Waals surface area (Å²) in [6.07, 6.45) is 2.48. The van der Waals surface area contributed by atoms with E-state index in [9.17, 15) is 9.90 Å². The summed E-state index contributed by atoms with van der Waals surface area (Å²) < 4.78 is 0. The minimum atomic E-state index is -0.890. The van der Waals surface area contributed by atoms with Crippen LogP contribution < -0.4 is 5.32 Å². The molecule has 0 amide bonds. The Morgan fingerprint density at radius 3 is 2.70 bits per heavy atom. The Labute approximate surface area is 123 Å². The van der Waals surface area contributed by atoms with Crippen molar-refractivity contribution in [3.8, 4) is 0 Å². The molecule has 1 aliphatic heterocycles. The van der Waals surface area contributed by atoms with Gasteiger partial charge in [-0.1, -0.05) is 6.92 Å². The Bertz CT molecular complexity index is 322.